The van der Waals surface area contributed by atoms with Crippen LogP contribution in [-0.4, -0.2) is 26.3 Å². The lowest BCUT2D eigenvalue weighted by Gasteiger charge is -1.97. The quantitative estimate of drug-likeness (QED) is 0.784. The van der Waals surface area contributed by atoms with Gasteiger partial charge in [-0.05, 0) is 13.3 Å². The average Bonchev–Trinajstić information content (AvgIpc) is 2.86. The molecule has 2 unspecified atom stereocenters. The third kappa shape index (κ3) is 2.12. The molecule has 2 rings (SSSR count). The fourth-order valence-electron chi connectivity index (χ4n) is 1.30. The van der Waals surface area contributed by atoms with Gasteiger partial charge in [-0.15, -0.1) is 0 Å². The number of hydrogen-bond acceptors (Lipinski definition) is 5. The van der Waals surface area contributed by atoms with Crippen molar-refractivity contribution in [3.63, 3.8) is 0 Å². The number of carboxylic acid groups (broad SMARTS) is 1. The molecule has 6 nitrogen and oxygen atoms in total. The van der Waals surface area contributed by atoms with Gasteiger partial charge in [0.2, 0.25) is 11.0 Å². The van der Waals surface area contributed by atoms with Crippen LogP contribution in [0.4, 0.5) is 5.13 Å². The van der Waals surface area contributed by atoms with Gasteiger partial charge in [0.1, 0.15) is 5.82 Å². The standard InChI is InChI=1S/C8H9N3O3S/c1-3-9-8(15-11-3)10-6(12)4-2-5(4)7(13)14/h4-5H,2H2,1H3,(H,13,14)(H,9,10,11,12). The summed E-state index contributed by atoms with van der Waals surface area (Å²) < 4.78 is 3.90. The maximum atomic E-state index is 11.5. The Balaban J connectivity index is 1.92. The third-order valence-corrected chi connectivity index (χ3v) is 2.92. The number of aliphatic carboxylic acids is 1. The maximum Gasteiger partial charge on any atom is 0.307 e. The lowest BCUT2D eigenvalue weighted by Crippen LogP contribution is -2.16. The number of carbonyl (C=O) groups excluding carboxylic acids is 1. The lowest BCUT2D eigenvalue weighted by atomic mass is 10.3. The molecule has 1 aromatic heterocycles. The van der Waals surface area contributed by atoms with Crippen molar-refractivity contribution in [3.8, 4) is 0 Å². The molecule has 0 saturated heterocycles. The summed E-state index contributed by atoms with van der Waals surface area (Å²) in [5.74, 6) is -1.53. The molecule has 15 heavy (non-hydrogen) atoms. The third-order valence-electron chi connectivity index (χ3n) is 2.20. The van der Waals surface area contributed by atoms with E-state index in [0.717, 1.165) is 11.5 Å². The molecule has 0 aromatic carbocycles. The van der Waals surface area contributed by atoms with E-state index in [2.05, 4.69) is 14.7 Å². The smallest absolute Gasteiger partial charge is 0.307 e. The van der Waals surface area contributed by atoms with Crippen LogP contribution in [0.25, 0.3) is 0 Å². The van der Waals surface area contributed by atoms with Gasteiger partial charge in [0.25, 0.3) is 0 Å². The molecule has 1 aliphatic carbocycles. The molecule has 7 heteroatoms. The second-order valence-electron chi connectivity index (χ2n) is 3.42. The van der Waals surface area contributed by atoms with E-state index in [1.165, 1.54) is 0 Å². The van der Waals surface area contributed by atoms with Crippen molar-refractivity contribution in [2.24, 2.45) is 11.8 Å². The van der Waals surface area contributed by atoms with Crippen molar-refractivity contribution >= 4 is 28.5 Å². The minimum absolute atomic E-state index is 0.279. The van der Waals surface area contributed by atoms with Crippen LogP contribution in [0.3, 0.4) is 0 Å². The molecule has 80 valence electrons. The molecule has 0 radical (unpaired) electrons. The van der Waals surface area contributed by atoms with E-state index in [4.69, 9.17) is 5.11 Å². The molecule has 0 bridgehead atoms. The van der Waals surface area contributed by atoms with Crippen LogP contribution < -0.4 is 5.32 Å². The first-order valence-corrected chi connectivity index (χ1v) is 5.19. The van der Waals surface area contributed by atoms with Crippen molar-refractivity contribution in [2.75, 3.05) is 5.32 Å². The Morgan fingerprint density at radius 1 is 1.53 bits per heavy atom. The summed E-state index contributed by atoms with van der Waals surface area (Å²) >= 11 is 1.09. The molecule has 1 saturated carbocycles. The van der Waals surface area contributed by atoms with E-state index in [9.17, 15) is 9.59 Å². The molecule has 0 spiro atoms. The molecule has 1 aromatic rings. The first-order valence-electron chi connectivity index (χ1n) is 4.42. The molecule has 1 fully saturated rings. The van der Waals surface area contributed by atoms with Gasteiger partial charge < -0.3 is 10.4 Å². The molecule has 1 amide bonds. The van der Waals surface area contributed by atoms with Crippen LogP contribution in [0.5, 0.6) is 0 Å². The van der Waals surface area contributed by atoms with Crippen LogP contribution in [0.1, 0.15) is 12.2 Å². The Morgan fingerprint density at radius 3 is 2.73 bits per heavy atom. The van der Waals surface area contributed by atoms with Crippen LogP contribution >= 0.6 is 11.5 Å². The minimum Gasteiger partial charge on any atom is -0.481 e. The van der Waals surface area contributed by atoms with Gasteiger partial charge in [0.15, 0.2) is 0 Å². The van der Waals surface area contributed by atoms with Crippen LogP contribution in [0, 0.1) is 18.8 Å². The van der Waals surface area contributed by atoms with Crippen molar-refractivity contribution in [1.29, 1.82) is 0 Å². The number of rotatable bonds is 3. The van der Waals surface area contributed by atoms with E-state index < -0.39 is 17.8 Å². The number of aryl methyl sites for hydroxylation is 1. The average molecular weight is 227 g/mol. The number of anilines is 1. The normalized spacial score (nSPS) is 23.5. The largest absolute Gasteiger partial charge is 0.481 e. The topological polar surface area (TPSA) is 92.2 Å². The first kappa shape index (κ1) is 10.0. The molecule has 2 atom stereocenters. The Hall–Kier alpha value is -1.50. The zero-order chi connectivity index (χ0) is 11.0. The summed E-state index contributed by atoms with van der Waals surface area (Å²) in [5.41, 5.74) is 0. The predicted octanol–water partition coefficient (Wildman–Crippen LogP) is 0.506. The second kappa shape index (κ2) is 3.58. The zero-order valence-electron chi connectivity index (χ0n) is 7.93. The number of carbonyl (C=O) groups is 2. The molecule has 1 aliphatic rings. The molecule has 2 N–H and O–H groups in total. The van der Waals surface area contributed by atoms with Crippen LogP contribution in [0.15, 0.2) is 0 Å². The maximum absolute atomic E-state index is 11.5. The number of nitrogens with zero attached hydrogens (tertiary/aromatic N) is 2. The summed E-state index contributed by atoms with van der Waals surface area (Å²) in [6.45, 7) is 1.73. The van der Waals surface area contributed by atoms with Crippen molar-refractivity contribution in [2.45, 2.75) is 13.3 Å². The zero-order valence-corrected chi connectivity index (χ0v) is 8.74. The molecular weight excluding hydrogens is 218 g/mol. The summed E-state index contributed by atoms with van der Waals surface area (Å²) in [5, 5.41) is 11.6. The van der Waals surface area contributed by atoms with Gasteiger partial charge in [0, 0.05) is 11.5 Å². The van der Waals surface area contributed by atoms with E-state index in [0.29, 0.717) is 17.4 Å². The number of aromatic nitrogens is 2. The Morgan fingerprint density at radius 2 is 2.27 bits per heavy atom. The van der Waals surface area contributed by atoms with Gasteiger partial charge in [-0.25, -0.2) is 4.98 Å². The predicted molar refractivity (Wildman–Crippen MR) is 52.5 cm³/mol. The van der Waals surface area contributed by atoms with Crippen molar-refractivity contribution in [1.82, 2.24) is 9.36 Å². The van der Waals surface area contributed by atoms with Gasteiger partial charge in [-0.2, -0.15) is 4.37 Å². The van der Waals surface area contributed by atoms with E-state index in [1.807, 2.05) is 0 Å². The Bertz CT molecular complexity index is 417. The van der Waals surface area contributed by atoms with Gasteiger partial charge >= 0.3 is 5.97 Å². The highest BCUT2D eigenvalue weighted by Gasteiger charge is 2.48. The van der Waals surface area contributed by atoms with Gasteiger partial charge in [0.05, 0.1) is 11.8 Å². The number of hydrogen-bond donors (Lipinski definition) is 2. The molecular formula is C8H9N3O3S. The highest BCUT2D eigenvalue weighted by atomic mass is 32.1. The molecule has 0 aliphatic heterocycles. The molecule has 1 heterocycles. The summed E-state index contributed by atoms with van der Waals surface area (Å²) in [6.07, 6.45) is 0.416. The minimum atomic E-state index is -0.913. The highest BCUT2D eigenvalue weighted by Crippen LogP contribution is 2.39. The monoisotopic (exact) mass is 227 g/mol. The number of amides is 1. The second-order valence-corrected chi connectivity index (χ2v) is 4.17. The Labute approximate surface area is 89.5 Å². The summed E-state index contributed by atoms with van der Waals surface area (Å²) in [7, 11) is 0. The summed E-state index contributed by atoms with van der Waals surface area (Å²) in [4.78, 5) is 25.9. The number of nitrogens with one attached hydrogen (secondary N) is 1. The SMILES string of the molecule is Cc1nsc(NC(=O)C2CC2C(=O)O)n1. The van der Waals surface area contributed by atoms with Crippen molar-refractivity contribution < 1.29 is 14.7 Å². The van der Waals surface area contributed by atoms with Gasteiger partial charge in [-0.1, -0.05) is 0 Å². The van der Waals surface area contributed by atoms with Crippen molar-refractivity contribution in [3.05, 3.63) is 5.82 Å². The Kier molecular flexibility index (Phi) is 2.39. The van der Waals surface area contributed by atoms with E-state index >= 15 is 0 Å². The number of carboxylic acids is 1. The van der Waals surface area contributed by atoms with Crippen LogP contribution in [0.2, 0.25) is 0 Å². The summed E-state index contributed by atoms with van der Waals surface area (Å²) in [6, 6.07) is 0. The van der Waals surface area contributed by atoms with Gasteiger partial charge in [-0.3, -0.25) is 9.59 Å². The van der Waals surface area contributed by atoms with E-state index in [1.54, 1.807) is 6.92 Å². The fraction of sp³-hybridized carbons (Fsp3) is 0.500. The highest BCUT2D eigenvalue weighted by molar-refractivity contribution is 7.09. The first-order chi connectivity index (χ1) is 7.08. The van der Waals surface area contributed by atoms with Crippen LogP contribution in [-0.2, 0) is 9.59 Å². The van der Waals surface area contributed by atoms with E-state index in [-0.39, 0.29) is 5.91 Å². The lowest BCUT2D eigenvalue weighted by molar-refractivity contribution is -0.139. The fourth-order valence-corrected chi connectivity index (χ4v) is 1.88.